The first kappa shape index (κ1) is 16.2. The maximum Gasteiger partial charge on any atom is 0.416 e. The van der Waals surface area contributed by atoms with Gasteiger partial charge in [0.25, 0.3) is 0 Å². The number of nitrogens with zero attached hydrogens (tertiary/aromatic N) is 1. The Hall–Kier alpha value is -2.27. The van der Waals surface area contributed by atoms with Gasteiger partial charge in [-0.3, -0.25) is 0 Å². The van der Waals surface area contributed by atoms with Crippen LogP contribution in [0.3, 0.4) is 0 Å². The fourth-order valence-electron chi connectivity index (χ4n) is 3.71. The van der Waals surface area contributed by atoms with Gasteiger partial charge in [-0.05, 0) is 43.2 Å². The highest BCUT2D eigenvalue weighted by atomic mass is 19.4. The quantitative estimate of drug-likeness (QED) is 0.570. The Labute approximate surface area is 143 Å². The molecule has 2 aromatic carbocycles. The van der Waals surface area contributed by atoms with E-state index in [0.29, 0.717) is 0 Å². The molecule has 0 radical (unpaired) electrons. The lowest BCUT2D eigenvalue weighted by Gasteiger charge is -2.31. The van der Waals surface area contributed by atoms with Gasteiger partial charge >= 0.3 is 6.18 Å². The zero-order valence-electron chi connectivity index (χ0n) is 14.0. The number of hydrogen-bond acceptors (Lipinski definition) is 1. The van der Waals surface area contributed by atoms with Crippen LogP contribution in [0.4, 0.5) is 13.2 Å². The lowest BCUT2D eigenvalue weighted by atomic mass is 10.00. The molecule has 0 bridgehead atoms. The molecule has 0 amide bonds. The van der Waals surface area contributed by atoms with Crippen molar-refractivity contribution in [2.45, 2.75) is 38.8 Å². The minimum atomic E-state index is -4.33. The standard InChI is InChI=1S/C20H18F3NO/c1-12-11-24-17-6-4-3-5-16(17)13(2)18(24)19(25-12)14-7-9-15(10-8-14)20(21,22)23/h3-10,12,19H,11H2,1-2H3/t12-,19-/m0/s1. The molecule has 2 atom stereocenters. The van der Waals surface area contributed by atoms with Crippen molar-refractivity contribution in [3.05, 3.63) is 70.9 Å². The Kier molecular flexibility index (Phi) is 3.65. The summed E-state index contributed by atoms with van der Waals surface area (Å²) >= 11 is 0. The van der Waals surface area contributed by atoms with Crippen molar-refractivity contribution in [3.8, 4) is 0 Å². The van der Waals surface area contributed by atoms with Crippen molar-refractivity contribution in [1.29, 1.82) is 0 Å². The number of halogens is 3. The smallest absolute Gasteiger partial charge is 0.362 e. The lowest BCUT2D eigenvalue weighted by molar-refractivity contribution is -0.137. The molecule has 0 spiro atoms. The van der Waals surface area contributed by atoms with E-state index in [1.807, 2.05) is 26.0 Å². The molecule has 4 rings (SSSR count). The molecule has 0 aliphatic carbocycles. The number of alkyl halides is 3. The molecule has 2 heterocycles. The first-order valence-electron chi connectivity index (χ1n) is 8.26. The van der Waals surface area contributed by atoms with E-state index < -0.39 is 11.7 Å². The Bertz CT molecular complexity index is 925. The van der Waals surface area contributed by atoms with Gasteiger partial charge in [0.1, 0.15) is 6.10 Å². The second-order valence-corrected chi connectivity index (χ2v) is 6.58. The number of aromatic nitrogens is 1. The van der Waals surface area contributed by atoms with E-state index in [1.165, 1.54) is 12.1 Å². The van der Waals surface area contributed by atoms with Crippen molar-refractivity contribution in [3.63, 3.8) is 0 Å². The van der Waals surface area contributed by atoms with Crippen LogP contribution in [0.25, 0.3) is 10.9 Å². The third-order valence-electron chi connectivity index (χ3n) is 4.87. The molecule has 1 aliphatic heterocycles. The van der Waals surface area contributed by atoms with Crippen LogP contribution >= 0.6 is 0 Å². The molecule has 0 unspecified atom stereocenters. The molecule has 2 nitrogen and oxygen atoms in total. The van der Waals surface area contributed by atoms with E-state index in [2.05, 4.69) is 16.7 Å². The van der Waals surface area contributed by atoms with Gasteiger partial charge in [-0.25, -0.2) is 0 Å². The zero-order chi connectivity index (χ0) is 17.8. The summed E-state index contributed by atoms with van der Waals surface area (Å²) in [6, 6.07) is 13.4. The Morgan fingerprint density at radius 1 is 1.04 bits per heavy atom. The Morgan fingerprint density at radius 2 is 1.72 bits per heavy atom. The van der Waals surface area contributed by atoms with Crippen molar-refractivity contribution in [1.82, 2.24) is 4.57 Å². The highest BCUT2D eigenvalue weighted by Crippen LogP contribution is 2.40. The zero-order valence-corrected chi connectivity index (χ0v) is 14.0. The summed E-state index contributed by atoms with van der Waals surface area (Å²) < 4.78 is 46.9. The molecule has 130 valence electrons. The van der Waals surface area contributed by atoms with Gasteiger partial charge in [0.2, 0.25) is 0 Å². The van der Waals surface area contributed by atoms with Gasteiger partial charge in [0.05, 0.1) is 17.4 Å². The highest BCUT2D eigenvalue weighted by Gasteiger charge is 2.33. The molecule has 0 saturated heterocycles. The minimum absolute atomic E-state index is 0.0185. The van der Waals surface area contributed by atoms with Crippen molar-refractivity contribution in [2.24, 2.45) is 0 Å². The molecular weight excluding hydrogens is 327 g/mol. The number of aryl methyl sites for hydroxylation is 1. The molecule has 5 heteroatoms. The van der Waals surface area contributed by atoms with E-state index >= 15 is 0 Å². The molecule has 25 heavy (non-hydrogen) atoms. The van der Waals surface area contributed by atoms with E-state index in [-0.39, 0.29) is 12.2 Å². The van der Waals surface area contributed by atoms with Crippen LogP contribution in [-0.2, 0) is 17.5 Å². The third kappa shape index (κ3) is 2.63. The number of benzene rings is 2. The van der Waals surface area contributed by atoms with Gasteiger partial charge in [0.15, 0.2) is 0 Å². The van der Waals surface area contributed by atoms with Crippen molar-refractivity contribution < 1.29 is 17.9 Å². The monoisotopic (exact) mass is 345 g/mol. The molecule has 3 aromatic rings. The highest BCUT2D eigenvalue weighted by molar-refractivity contribution is 5.85. The van der Waals surface area contributed by atoms with E-state index in [9.17, 15) is 13.2 Å². The van der Waals surface area contributed by atoms with Crippen LogP contribution < -0.4 is 0 Å². The number of para-hydroxylation sites is 1. The second kappa shape index (κ2) is 5.63. The van der Waals surface area contributed by atoms with E-state index in [4.69, 9.17) is 4.74 Å². The third-order valence-corrected chi connectivity index (χ3v) is 4.87. The average Bonchev–Trinajstić information content (AvgIpc) is 2.87. The fraction of sp³-hybridized carbons (Fsp3) is 0.300. The molecule has 0 fully saturated rings. The molecule has 1 aromatic heterocycles. The number of rotatable bonds is 1. The maximum atomic E-state index is 12.8. The summed E-state index contributed by atoms with van der Waals surface area (Å²) in [6.45, 7) is 4.77. The minimum Gasteiger partial charge on any atom is -0.362 e. The average molecular weight is 345 g/mol. The van der Waals surface area contributed by atoms with Crippen LogP contribution in [-0.4, -0.2) is 10.7 Å². The van der Waals surface area contributed by atoms with Crippen LogP contribution in [0.5, 0.6) is 0 Å². The molecule has 0 saturated carbocycles. The van der Waals surface area contributed by atoms with Crippen molar-refractivity contribution in [2.75, 3.05) is 0 Å². The second-order valence-electron chi connectivity index (χ2n) is 6.58. The lowest BCUT2D eigenvalue weighted by Crippen LogP contribution is -2.29. The van der Waals surface area contributed by atoms with Crippen LogP contribution in [0.1, 0.15) is 35.4 Å². The number of ether oxygens (including phenoxy) is 1. The van der Waals surface area contributed by atoms with E-state index in [1.54, 1.807) is 0 Å². The van der Waals surface area contributed by atoms with Gasteiger partial charge in [0, 0.05) is 17.4 Å². The van der Waals surface area contributed by atoms with Gasteiger partial charge in [-0.1, -0.05) is 30.3 Å². The van der Waals surface area contributed by atoms with Gasteiger partial charge < -0.3 is 9.30 Å². The first-order valence-corrected chi connectivity index (χ1v) is 8.26. The Morgan fingerprint density at radius 3 is 2.40 bits per heavy atom. The van der Waals surface area contributed by atoms with Gasteiger partial charge in [-0.2, -0.15) is 13.2 Å². The summed E-state index contributed by atoms with van der Waals surface area (Å²) in [5.74, 6) is 0. The summed E-state index contributed by atoms with van der Waals surface area (Å²) in [7, 11) is 0. The molecule has 1 aliphatic rings. The van der Waals surface area contributed by atoms with Crippen molar-refractivity contribution >= 4 is 10.9 Å². The SMILES string of the molecule is Cc1c2n(c3ccccc13)C[C@H](C)O[C@H]2c1ccc(C(F)(F)F)cc1. The predicted octanol–water partition coefficient (Wildman–Crippen LogP) is 5.48. The maximum absolute atomic E-state index is 12.8. The summed E-state index contributed by atoms with van der Waals surface area (Å²) in [4.78, 5) is 0. The van der Waals surface area contributed by atoms with Crippen LogP contribution in [0, 0.1) is 6.92 Å². The van der Waals surface area contributed by atoms with Gasteiger partial charge in [-0.15, -0.1) is 0 Å². The van der Waals surface area contributed by atoms with E-state index in [0.717, 1.165) is 46.4 Å². The molecule has 0 N–H and O–H groups in total. The van der Waals surface area contributed by atoms with Crippen LogP contribution in [0.15, 0.2) is 48.5 Å². The summed E-state index contributed by atoms with van der Waals surface area (Å²) in [6.07, 6.45) is -4.71. The predicted molar refractivity (Wildman–Crippen MR) is 90.5 cm³/mol. The number of hydrogen-bond donors (Lipinski definition) is 0. The normalized spacial score (nSPS) is 20.7. The van der Waals surface area contributed by atoms with Crippen LogP contribution in [0.2, 0.25) is 0 Å². The fourth-order valence-corrected chi connectivity index (χ4v) is 3.71. The topological polar surface area (TPSA) is 14.2 Å². The Balaban J connectivity index is 1.85. The molecular formula is C20H18F3NO. The summed E-state index contributed by atoms with van der Waals surface area (Å²) in [5.41, 5.74) is 3.39. The number of fused-ring (bicyclic) bond motifs is 3. The summed E-state index contributed by atoms with van der Waals surface area (Å²) in [5, 5.41) is 1.16. The largest absolute Gasteiger partial charge is 0.416 e. The first-order chi connectivity index (χ1) is 11.9.